The highest BCUT2D eigenvalue weighted by atomic mass is 16.5. The number of hydrogen-bond donors (Lipinski definition) is 1. The molecule has 1 N–H and O–H groups in total. The summed E-state index contributed by atoms with van der Waals surface area (Å²) in [5.74, 6) is 1.67. The van der Waals surface area contributed by atoms with Crippen LogP contribution in [-0.2, 0) is 9.53 Å². The molecule has 1 aromatic rings. The van der Waals surface area contributed by atoms with E-state index < -0.39 is 0 Å². The molecule has 5 heteroatoms. The zero-order valence-corrected chi connectivity index (χ0v) is 14.0. The molecule has 5 nitrogen and oxygen atoms in total. The zero-order valence-electron chi connectivity index (χ0n) is 14.0. The fraction of sp³-hybridized carbons (Fsp3) is 0.579. The second kappa shape index (κ2) is 6.20. The van der Waals surface area contributed by atoms with Gasteiger partial charge >= 0.3 is 0 Å². The predicted molar refractivity (Wildman–Crippen MR) is 89.3 cm³/mol. The molecule has 2 amide bonds. The van der Waals surface area contributed by atoms with Gasteiger partial charge in [-0.1, -0.05) is 25.1 Å². The van der Waals surface area contributed by atoms with Crippen molar-refractivity contribution in [3.8, 4) is 0 Å². The predicted octanol–water partition coefficient (Wildman–Crippen LogP) is 1.55. The Morgan fingerprint density at radius 3 is 2.71 bits per heavy atom. The molecule has 0 spiro atoms. The van der Waals surface area contributed by atoms with Crippen molar-refractivity contribution in [2.45, 2.75) is 19.4 Å². The number of likely N-dealkylation sites (tertiary alicyclic amines) is 1. The second-order valence-electron chi connectivity index (χ2n) is 7.43. The maximum Gasteiger partial charge on any atom is 0.251 e. The number of fused-ring (bicyclic) bond motifs is 1. The number of hydrogen-bond acceptors (Lipinski definition) is 3. The topological polar surface area (TPSA) is 58.6 Å². The van der Waals surface area contributed by atoms with Crippen LogP contribution in [0.25, 0.3) is 0 Å². The molecule has 128 valence electrons. The highest BCUT2D eigenvalue weighted by Gasteiger charge is 2.49. The highest BCUT2D eigenvalue weighted by Crippen LogP contribution is 2.41. The van der Waals surface area contributed by atoms with Gasteiger partial charge in [-0.15, -0.1) is 0 Å². The Kier molecular flexibility index (Phi) is 4.04. The molecular weight excluding hydrogens is 304 g/mol. The first kappa shape index (κ1) is 15.6. The van der Waals surface area contributed by atoms with Crippen molar-refractivity contribution in [1.82, 2.24) is 10.2 Å². The minimum atomic E-state index is -0.0446. The lowest BCUT2D eigenvalue weighted by Crippen LogP contribution is -2.36. The SMILES string of the molecule is C[C@H]1C[C@@H]1C(=O)N1C[C@@H]2[C@H](CNC(=O)c3ccccc3)CO[C@@H]2C1. The fourth-order valence-corrected chi connectivity index (χ4v) is 4.01. The van der Waals surface area contributed by atoms with E-state index >= 15 is 0 Å². The van der Waals surface area contributed by atoms with Crippen LogP contribution < -0.4 is 5.32 Å². The molecule has 3 fully saturated rings. The number of carbonyl (C=O) groups excluding carboxylic acids is 2. The zero-order chi connectivity index (χ0) is 16.7. The average molecular weight is 328 g/mol. The van der Waals surface area contributed by atoms with Gasteiger partial charge in [-0.05, 0) is 24.5 Å². The van der Waals surface area contributed by atoms with Gasteiger partial charge in [-0.25, -0.2) is 0 Å². The molecule has 3 aliphatic rings. The van der Waals surface area contributed by atoms with Crippen molar-refractivity contribution in [2.75, 3.05) is 26.2 Å². The van der Waals surface area contributed by atoms with E-state index in [4.69, 9.17) is 4.74 Å². The third-order valence-corrected chi connectivity index (χ3v) is 5.74. The van der Waals surface area contributed by atoms with E-state index in [1.165, 1.54) is 0 Å². The van der Waals surface area contributed by atoms with Crippen LogP contribution in [0.2, 0.25) is 0 Å². The van der Waals surface area contributed by atoms with Gasteiger partial charge in [-0.2, -0.15) is 0 Å². The van der Waals surface area contributed by atoms with Crippen LogP contribution in [-0.4, -0.2) is 49.1 Å². The maximum absolute atomic E-state index is 12.4. The molecule has 5 atom stereocenters. The highest BCUT2D eigenvalue weighted by molar-refractivity contribution is 5.94. The van der Waals surface area contributed by atoms with Crippen molar-refractivity contribution in [2.24, 2.45) is 23.7 Å². The summed E-state index contributed by atoms with van der Waals surface area (Å²) in [6, 6.07) is 9.26. The van der Waals surface area contributed by atoms with Crippen molar-refractivity contribution in [1.29, 1.82) is 0 Å². The maximum atomic E-state index is 12.4. The summed E-state index contributed by atoms with van der Waals surface area (Å²) in [4.78, 5) is 26.6. The Hall–Kier alpha value is -1.88. The third-order valence-electron chi connectivity index (χ3n) is 5.74. The Bertz CT molecular complexity index is 633. The molecule has 2 heterocycles. The summed E-state index contributed by atoms with van der Waals surface area (Å²) >= 11 is 0. The van der Waals surface area contributed by atoms with Crippen LogP contribution >= 0.6 is 0 Å². The van der Waals surface area contributed by atoms with E-state index in [1.54, 1.807) is 0 Å². The first-order valence-electron chi connectivity index (χ1n) is 8.87. The van der Waals surface area contributed by atoms with Gasteiger partial charge in [0.2, 0.25) is 5.91 Å². The quantitative estimate of drug-likeness (QED) is 0.912. The van der Waals surface area contributed by atoms with Crippen LogP contribution in [0.15, 0.2) is 30.3 Å². The molecule has 0 radical (unpaired) electrons. The van der Waals surface area contributed by atoms with Crippen molar-refractivity contribution < 1.29 is 14.3 Å². The van der Waals surface area contributed by atoms with Gasteiger partial charge < -0.3 is 15.0 Å². The number of nitrogens with one attached hydrogen (secondary N) is 1. The summed E-state index contributed by atoms with van der Waals surface area (Å²) in [6.45, 7) is 4.91. The van der Waals surface area contributed by atoms with E-state index in [0.717, 1.165) is 19.5 Å². The summed E-state index contributed by atoms with van der Waals surface area (Å²) in [6.07, 6.45) is 1.17. The summed E-state index contributed by atoms with van der Waals surface area (Å²) < 4.78 is 5.89. The molecule has 0 aromatic heterocycles. The number of ether oxygens (including phenoxy) is 1. The summed E-state index contributed by atoms with van der Waals surface area (Å²) in [5, 5.41) is 3.02. The first-order valence-corrected chi connectivity index (χ1v) is 8.87. The lowest BCUT2D eigenvalue weighted by atomic mass is 9.93. The van der Waals surface area contributed by atoms with Gasteiger partial charge in [0.15, 0.2) is 0 Å². The van der Waals surface area contributed by atoms with Gasteiger partial charge in [-0.3, -0.25) is 9.59 Å². The molecule has 24 heavy (non-hydrogen) atoms. The smallest absolute Gasteiger partial charge is 0.251 e. The minimum absolute atomic E-state index is 0.0446. The van der Waals surface area contributed by atoms with Crippen LogP contribution in [0.4, 0.5) is 0 Å². The van der Waals surface area contributed by atoms with Gasteiger partial charge in [0.1, 0.15) is 0 Å². The summed E-state index contributed by atoms with van der Waals surface area (Å²) in [5.41, 5.74) is 0.680. The van der Waals surface area contributed by atoms with Crippen LogP contribution in [0.3, 0.4) is 0 Å². The van der Waals surface area contributed by atoms with Gasteiger partial charge in [0.05, 0.1) is 12.7 Å². The van der Waals surface area contributed by atoms with E-state index in [-0.39, 0.29) is 23.8 Å². The van der Waals surface area contributed by atoms with Crippen molar-refractivity contribution in [3.63, 3.8) is 0 Å². The molecule has 1 saturated carbocycles. The average Bonchev–Trinajstić information content (AvgIpc) is 3.02. The standard InChI is InChI=1S/C19H24N2O3/c1-12-7-15(12)19(23)21-9-16-14(11-24-17(16)10-21)8-20-18(22)13-5-3-2-4-6-13/h2-6,12,14-17H,7-11H2,1H3,(H,20,22)/t12-,14+,15-,16+,17+/m0/s1. The number of carbonyl (C=O) groups is 2. The minimum Gasteiger partial charge on any atom is -0.376 e. The van der Waals surface area contributed by atoms with Crippen LogP contribution in [0.1, 0.15) is 23.7 Å². The molecular formula is C19H24N2O3. The van der Waals surface area contributed by atoms with E-state index in [2.05, 4.69) is 12.2 Å². The Labute approximate surface area is 142 Å². The molecule has 0 unspecified atom stereocenters. The van der Waals surface area contributed by atoms with E-state index in [1.807, 2.05) is 35.2 Å². The first-order chi connectivity index (χ1) is 11.6. The van der Waals surface area contributed by atoms with Gasteiger partial charge in [0, 0.05) is 43.0 Å². The number of amides is 2. The van der Waals surface area contributed by atoms with Crippen molar-refractivity contribution >= 4 is 11.8 Å². The molecule has 1 aromatic carbocycles. The molecule has 4 rings (SSSR count). The Morgan fingerprint density at radius 2 is 2.00 bits per heavy atom. The van der Waals surface area contributed by atoms with Gasteiger partial charge in [0.25, 0.3) is 5.91 Å². The monoisotopic (exact) mass is 328 g/mol. The Morgan fingerprint density at radius 1 is 1.25 bits per heavy atom. The molecule has 1 aliphatic carbocycles. The Balaban J connectivity index is 1.31. The number of benzene rings is 1. The van der Waals surface area contributed by atoms with Crippen molar-refractivity contribution in [3.05, 3.63) is 35.9 Å². The second-order valence-corrected chi connectivity index (χ2v) is 7.43. The summed E-state index contributed by atoms with van der Waals surface area (Å²) in [7, 11) is 0. The number of rotatable bonds is 4. The lowest BCUT2D eigenvalue weighted by Gasteiger charge is -2.20. The van der Waals surface area contributed by atoms with Crippen LogP contribution in [0, 0.1) is 23.7 Å². The largest absolute Gasteiger partial charge is 0.376 e. The number of nitrogens with zero attached hydrogens (tertiary/aromatic N) is 1. The normalized spacial score (nSPS) is 34.0. The fourth-order valence-electron chi connectivity index (χ4n) is 4.01. The molecule has 0 bridgehead atoms. The molecule has 2 saturated heterocycles. The van der Waals surface area contributed by atoms with E-state index in [9.17, 15) is 9.59 Å². The molecule has 2 aliphatic heterocycles. The van der Waals surface area contributed by atoms with E-state index in [0.29, 0.717) is 36.5 Å². The lowest BCUT2D eigenvalue weighted by molar-refractivity contribution is -0.132. The third kappa shape index (κ3) is 2.93. The van der Waals surface area contributed by atoms with Crippen LogP contribution in [0.5, 0.6) is 0 Å².